The molecule has 1 saturated carbocycles. The lowest BCUT2D eigenvalue weighted by Crippen LogP contribution is -2.21. The number of rotatable bonds is 3. The van der Waals surface area contributed by atoms with Gasteiger partial charge in [-0.1, -0.05) is 23.2 Å². The molecule has 0 radical (unpaired) electrons. The molecule has 108 valence electrons. The number of carboxylic acids is 1. The van der Waals surface area contributed by atoms with Crippen LogP contribution in [0.5, 0.6) is 0 Å². The van der Waals surface area contributed by atoms with Crippen LogP contribution < -0.4 is 5.32 Å². The van der Waals surface area contributed by atoms with Crippen molar-refractivity contribution in [3.8, 4) is 0 Å². The molecule has 0 bridgehead atoms. The molecular formula is C14H15Cl2NO3. The minimum absolute atomic E-state index is 0.199. The fourth-order valence-corrected chi connectivity index (χ4v) is 2.85. The second-order valence-corrected chi connectivity index (χ2v) is 5.93. The second-order valence-electron chi connectivity index (χ2n) is 5.12. The molecule has 6 heteroatoms. The molecule has 0 heterocycles. The van der Waals surface area contributed by atoms with Crippen molar-refractivity contribution in [3.63, 3.8) is 0 Å². The maximum Gasteiger partial charge on any atom is 0.306 e. The van der Waals surface area contributed by atoms with E-state index in [-0.39, 0.29) is 11.8 Å². The summed E-state index contributed by atoms with van der Waals surface area (Å²) in [5.74, 6) is -1.75. The molecule has 1 fully saturated rings. The number of halogens is 2. The first-order valence-electron chi connectivity index (χ1n) is 6.37. The van der Waals surface area contributed by atoms with Gasteiger partial charge in [0.25, 0.3) is 0 Å². The molecule has 20 heavy (non-hydrogen) atoms. The van der Waals surface area contributed by atoms with E-state index in [1.807, 2.05) is 6.92 Å². The van der Waals surface area contributed by atoms with E-state index in [9.17, 15) is 9.59 Å². The van der Waals surface area contributed by atoms with Gasteiger partial charge < -0.3 is 10.4 Å². The average molecular weight is 316 g/mol. The second kappa shape index (κ2) is 6.02. The van der Waals surface area contributed by atoms with Gasteiger partial charge in [-0.15, -0.1) is 0 Å². The molecule has 0 saturated heterocycles. The normalized spacial score (nSPS) is 21.8. The molecular weight excluding hydrogens is 301 g/mol. The highest BCUT2D eigenvalue weighted by atomic mass is 35.5. The summed E-state index contributed by atoms with van der Waals surface area (Å²) >= 11 is 12.1. The number of carbonyl (C=O) groups excluding carboxylic acids is 1. The zero-order chi connectivity index (χ0) is 14.9. The lowest BCUT2D eigenvalue weighted by atomic mass is 10.0. The molecule has 0 aromatic heterocycles. The van der Waals surface area contributed by atoms with Crippen LogP contribution in [0, 0.1) is 18.8 Å². The molecule has 2 N–H and O–H groups in total. The Hall–Kier alpha value is -1.26. The van der Waals surface area contributed by atoms with Crippen molar-refractivity contribution in [1.82, 2.24) is 0 Å². The monoisotopic (exact) mass is 315 g/mol. The summed E-state index contributed by atoms with van der Waals surface area (Å²) in [6.07, 6.45) is 1.49. The standard InChI is InChI=1S/C14H15Cl2NO3/c1-7-4-11(16)12(6-10(7)15)17-13(18)8-2-3-9(5-8)14(19)20/h4,6,8-9H,2-3,5H2,1H3,(H,17,18)(H,19,20)/t8-,9+/m1/s1. The van der Waals surface area contributed by atoms with Crippen molar-refractivity contribution in [2.45, 2.75) is 26.2 Å². The van der Waals surface area contributed by atoms with Gasteiger partial charge in [0.15, 0.2) is 0 Å². The number of aryl methyl sites for hydroxylation is 1. The first-order chi connectivity index (χ1) is 9.38. The predicted molar refractivity (Wildman–Crippen MR) is 78.3 cm³/mol. The summed E-state index contributed by atoms with van der Waals surface area (Å²) in [6.45, 7) is 1.83. The van der Waals surface area contributed by atoms with Gasteiger partial charge >= 0.3 is 5.97 Å². The SMILES string of the molecule is Cc1cc(Cl)c(NC(=O)[C@@H]2CC[C@H](C(=O)O)C2)cc1Cl. The third-order valence-corrected chi connectivity index (χ3v) is 4.38. The largest absolute Gasteiger partial charge is 0.481 e. The Morgan fingerprint density at radius 1 is 1.20 bits per heavy atom. The van der Waals surface area contributed by atoms with Crippen molar-refractivity contribution in [2.75, 3.05) is 5.32 Å². The number of hydrogen-bond acceptors (Lipinski definition) is 2. The summed E-state index contributed by atoms with van der Waals surface area (Å²) in [6, 6.07) is 3.30. The van der Waals surface area contributed by atoms with E-state index in [0.717, 1.165) is 5.56 Å². The zero-order valence-electron chi connectivity index (χ0n) is 11.0. The van der Waals surface area contributed by atoms with Crippen LogP contribution in [0.3, 0.4) is 0 Å². The van der Waals surface area contributed by atoms with Crippen LogP contribution >= 0.6 is 23.2 Å². The van der Waals surface area contributed by atoms with Gasteiger partial charge in [-0.2, -0.15) is 0 Å². The van der Waals surface area contributed by atoms with Crippen LogP contribution in [0.4, 0.5) is 5.69 Å². The van der Waals surface area contributed by atoms with Crippen molar-refractivity contribution >= 4 is 40.8 Å². The molecule has 0 aliphatic heterocycles. The highest BCUT2D eigenvalue weighted by molar-refractivity contribution is 6.36. The zero-order valence-corrected chi connectivity index (χ0v) is 12.5. The van der Waals surface area contributed by atoms with E-state index < -0.39 is 11.9 Å². The molecule has 2 atom stereocenters. The van der Waals surface area contributed by atoms with Crippen LogP contribution in [0.25, 0.3) is 0 Å². The lowest BCUT2D eigenvalue weighted by Gasteiger charge is -2.13. The van der Waals surface area contributed by atoms with Crippen LogP contribution in [-0.2, 0) is 9.59 Å². The Morgan fingerprint density at radius 3 is 2.45 bits per heavy atom. The Labute approximate surface area is 127 Å². The topological polar surface area (TPSA) is 66.4 Å². The number of hydrogen-bond donors (Lipinski definition) is 2. The third kappa shape index (κ3) is 3.25. The highest BCUT2D eigenvalue weighted by Gasteiger charge is 2.34. The van der Waals surface area contributed by atoms with Crippen LogP contribution in [0.1, 0.15) is 24.8 Å². The molecule has 1 aliphatic rings. The average Bonchev–Trinajstić information content (AvgIpc) is 2.85. The summed E-state index contributed by atoms with van der Waals surface area (Å²) in [5, 5.41) is 12.6. The number of aliphatic carboxylic acids is 1. The van der Waals surface area contributed by atoms with Gasteiger partial charge in [-0.25, -0.2) is 0 Å². The number of benzene rings is 1. The Kier molecular flexibility index (Phi) is 4.55. The minimum Gasteiger partial charge on any atom is -0.481 e. The molecule has 0 unspecified atom stereocenters. The lowest BCUT2D eigenvalue weighted by molar-refractivity contribution is -0.141. The van der Waals surface area contributed by atoms with E-state index in [0.29, 0.717) is 35.0 Å². The molecule has 1 aliphatic carbocycles. The molecule has 4 nitrogen and oxygen atoms in total. The first-order valence-corrected chi connectivity index (χ1v) is 7.13. The number of anilines is 1. The number of carbonyl (C=O) groups is 2. The Morgan fingerprint density at radius 2 is 1.85 bits per heavy atom. The van der Waals surface area contributed by atoms with E-state index in [1.54, 1.807) is 12.1 Å². The van der Waals surface area contributed by atoms with E-state index >= 15 is 0 Å². The predicted octanol–water partition coefficient (Wildman–Crippen LogP) is 3.74. The summed E-state index contributed by atoms with van der Waals surface area (Å²) < 4.78 is 0. The Bertz CT molecular complexity index is 560. The van der Waals surface area contributed by atoms with Crippen molar-refractivity contribution in [1.29, 1.82) is 0 Å². The van der Waals surface area contributed by atoms with Crippen molar-refractivity contribution in [2.24, 2.45) is 11.8 Å². The van der Waals surface area contributed by atoms with Gasteiger partial charge in [-0.3, -0.25) is 9.59 Å². The third-order valence-electron chi connectivity index (χ3n) is 3.66. The summed E-state index contributed by atoms with van der Waals surface area (Å²) in [7, 11) is 0. The van der Waals surface area contributed by atoms with Crippen LogP contribution in [-0.4, -0.2) is 17.0 Å². The van der Waals surface area contributed by atoms with Crippen LogP contribution in [0.15, 0.2) is 12.1 Å². The Balaban J connectivity index is 2.06. The smallest absolute Gasteiger partial charge is 0.306 e. The number of amides is 1. The van der Waals surface area contributed by atoms with E-state index in [4.69, 9.17) is 28.3 Å². The fraction of sp³-hybridized carbons (Fsp3) is 0.429. The number of carboxylic acid groups (broad SMARTS) is 1. The summed E-state index contributed by atoms with van der Waals surface area (Å²) in [4.78, 5) is 23.0. The van der Waals surface area contributed by atoms with Crippen molar-refractivity contribution < 1.29 is 14.7 Å². The van der Waals surface area contributed by atoms with Crippen molar-refractivity contribution in [3.05, 3.63) is 27.7 Å². The highest BCUT2D eigenvalue weighted by Crippen LogP contribution is 2.34. The molecule has 0 spiro atoms. The minimum atomic E-state index is -0.836. The fourth-order valence-electron chi connectivity index (χ4n) is 2.42. The van der Waals surface area contributed by atoms with E-state index in [2.05, 4.69) is 5.32 Å². The molecule has 1 aromatic carbocycles. The molecule has 1 amide bonds. The summed E-state index contributed by atoms with van der Waals surface area (Å²) in [5.41, 5.74) is 1.30. The molecule has 1 aromatic rings. The van der Waals surface area contributed by atoms with Crippen LogP contribution in [0.2, 0.25) is 10.0 Å². The van der Waals surface area contributed by atoms with Gasteiger partial charge in [0.2, 0.25) is 5.91 Å². The quantitative estimate of drug-likeness (QED) is 0.892. The van der Waals surface area contributed by atoms with Gasteiger partial charge in [-0.05, 0) is 43.9 Å². The first kappa shape index (κ1) is 15.1. The maximum absolute atomic E-state index is 12.1. The van der Waals surface area contributed by atoms with Gasteiger partial charge in [0, 0.05) is 10.9 Å². The van der Waals surface area contributed by atoms with E-state index in [1.165, 1.54) is 0 Å². The van der Waals surface area contributed by atoms with Gasteiger partial charge in [0.05, 0.1) is 16.6 Å². The van der Waals surface area contributed by atoms with Gasteiger partial charge in [0.1, 0.15) is 0 Å². The maximum atomic E-state index is 12.1. The molecule has 2 rings (SSSR count). The number of nitrogens with one attached hydrogen (secondary N) is 1.